The standard InChI is InChI=1S/C14H14BClO2/c1-2-10-3-4-12(9-14(10)15(17)18)11-5-7-13(16)8-6-11/h3-9,17-18H,2H2,1H3. The monoisotopic (exact) mass is 260 g/mol. The number of hydrogen-bond acceptors (Lipinski definition) is 2. The Morgan fingerprint density at radius 1 is 1.00 bits per heavy atom. The second-order valence-corrected chi connectivity index (χ2v) is 4.58. The smallest absolute Gasteiger partial charge is 0.423 e. The molecule has 0 radical (unpaired) electrons. The summed E-state index contributed by atoms with van der Waals surface area (Å²) in [6, 6.07) is 13.2. The van der Waals surface area contributed by atoms with Gasteiger partial charge in [-0.15, -0.1) is 0 Å². The molecule has 2 aromatic carbocycles. The van der Waals surface area contributed by atoms with Crippen molar-refractivity contribution in [3.63, 3.8) is 0 Å². The number of halogens is 1. The van der Waals surface area contributed by atoms with Crippen molar-refractivity contribution >= 4 is 24.2 Å². The predicted molar refractivity (Wildman–Crippen MR) is 76.1 cm³/mol. The Bertz CT molecular complexity index is 538. The first kappa shape index (κ1) is 13.2. The van der Waals surface area contributed by atoms with E-state index >= 15 is 0 Å². The molecular formula is C14H14BClO2. The van der Waals surface area contributed by atoms with Gasteiger partial charge in [0.15, 0.2) is 0 Å². The van der Waals surface area contributed by atoms with Gasteiger partial charge >= 0.3 is 7.12 Å². The molecule has 0 aliphatic carbocycles. The maximum absolute atomic E-state index is 9.39. The van der Waals surface area contributed by atoms with Gasteiger partial charge < -0.3 is 10.0 Å². The van der Waals surface area contributed by atoms with E-state index in [1.807, 2.05) is 49.4 Å². The fourth-order valence-electron chi connectivity index (χ4n) is 1.98. The van der Waals surface area contributed by atoms with Gasteiger partial charge in [-0.1, -0.05) is 48.9 Å². The van der Waals surface area contributed by atoms with Crippen LogP contribution in [0.25, 0.3) is 11.1 Å². The van der Waals surface area contributed by atoms with Gasteiger partial charge in [-0.3, -0.25) is 0 Å². The molecule has 0 heterocycles. The Labute approximate surface area is 112 Å². The molecule has 0 bridgehead atoms. The Balaban J connectivity index is 2.46. The maximum Gasteiger partial charge on any atom is 0.488 e. The number of benzene rings is 2. The second kappa shape index (κ2) is 5.57. The van der Waals surface area contributed by atoms with Crippen LogP contribution in [0.4, 0.5) is 0 Å². The lowest BCUT2D eigenvalue weighted by Crippen LogP contribution is -2.33. The fourth-order valence-corrected chi connectivity index (χ4v) is 2.11. The molecule has 4 heteroatoms. The van der Waals surface area contributed by atoms with Crippen molar-refractivity contribution in [3.8, 4) is 11.1 Å². The van der Waals surface area contributed by atoms with Crippen molar-refractivity contribution in [2.45, 2.75) is 13.3 Å². The highest BCUT2D eigenvalue weighted by atomic mass is 35.5. The first-order valence-corrected chi connectivity index (χ1v) is 6.24. The Morgan fingerprint density at radius 3 is 2.17 bits per heavy atom. The van der Waals surface area contributed by atoms with Crippen LogP contribution < -0.4 is 5.46 Å². The zero-order chi connectivity index (χ0) is 13.1. The van der Waals surface area contributed by atoms with Crippen molar-refractivity contribution in [1.82, 2.24) is 0 Å². The highest BCUT2D eigenvalue weighted by Crippen LogP contribution is 2.21. The van der Waals surface area contributed by atoms with E-state index < -0.39 is 7.12 Å². The van der Waals surface area contributed by atoms with E-state index in [2.05, 4.69) is 0 Å². The van der Waals surface area contributed by atoms with Crippen molar-refractivity contribution in [2.24, 2.45) is 0 Å². The lowest BCUT2D eigenvalue weighted by atomic mass is 9.75. The molecule has 0 amide bonds. The van der Waals surface area contributed by atoms with E-state index in [0.717, 1.165) is 23.1 Å². The van der Waals surface area contributed by atoms with Gasteiger partial charge in [0.25, 0.3) is 0 Å². The largest absolute Gasteiger partial charge is 0.488 e. The molecule has 0 aliphatic rings. The van der Waals surface area contributed by atoms with Crippen LogP contribution in [0.15, 0.2) is 42.5 Å². The number of hydrogen-bond donors (Lipinski definition) is 2. The van der Waals surface area contributed by atoms with Gasteiger partial charge in [0.1, 0.15) is 0 Å². The third-order valence-electron chi connectivity index (χ3n) is 2.98. The summed E-state index contributed by atoms with van der Waals surface area (Å²) in [4.78, 5) is 0. The molecule has 18 heavy (non-hydrogen) atoms. The van der Waals surface area contributed by atoms with Gasteiger partial charge in [-0.25, -0.2) is 0 Å². The van der Waals surface area contributed by atoms with Crippen LogP contribution in [0, 0.1) is 0 Å². The molecule has 2 N–H and O–H groups in total. The molecule has 2 nitrogen and oxygen atoms in total. The molecular weight excluding hydrogens is 246 g/mol. The Morgan fingerprint density at radius 2 is 1.61 bits per heavy atom. The van der Waals surface area contributed by atoms with Gasteiger partial charge in [-0.05, 0) is 40.7 Å². The zero-order valence-corrected chi connectivity index (χ0v) is 10.9. The van der Waals surface area contributed by atoms with Crippen LogP contribution >= 0.6 is 11.6 Å². The highest BCUT2D eigenvalue weighted by molar-refractivity contribution is 6.59. The van der Waals surface area contributed by atoms with E-state index in [1.54, 1.807) is 0 Å². The van der Waals surface area contributed by atoms with Crippen LogP contribution in [-0.4, -0.2) is 17.2 Å². The summed E-state index contributed by atoms with van der Waals surface area (Å²) in [6.45, 7) is 1.99. The minimum atomic E-state index is -1.44. The SMILES string of the molecule is CCc1ccc(-c2ccc(Cl)cc2)cc1B(O)O. The molecule has 0 saturated carbocycles. The second-order valence-electron chi connectivity index (χ2n) is 4.15. The fraction of sp³-hybridized carbons (Fsp3) is 0.143. The molecule has 0 spiro atoms. The average Bonchev–Trinajstić information content (AvgIpc) is 2.39. The maximum atomic E-state index is 9.39. The highest BCUT2D eigenvalue weighted by Gasteiger charge is 2.15. The van der Waals surface area contributed by atoms with Crippen LogP contribution in [0.2, 0.25) is 5.02 Å². The first-order valence-electron chi connectivity index (χ1n) is 5.86. The van der Waals surface area contributed by atoms with Crippen LogP contribution in [-0.2, 0) is 6.42 Å². The normalized spacial score (nSPS) is 10.4. The topological polar surface area (TPSA) is 40.5 Å². The molecule has 0 atom stereocenters. The number of aryl methyl sites for hydroxylation is 1. The van der Waals surface area contributed by atoms with Gasteiger partial charge in [0.2, 0.25) is 0 Å². The minimum Gasteiger partial charge on any atom is -0.423 e. The van der Waals surface area contributed by atoms with Crippen molar-refractivity contribution < 1.29 is 10.0 Å². The van der Waals surface area contributed by atoms with Crippen molar-refractivity contribution in [3.05, 3.63) is 53.1 Å². The zero-order valence-electron chi connectivity index (χ0n) is 10.1. The van der Waals surface area contributed by atoms with Crippen molar-refractivity contribution in [1.29, 1.82) is 0 Å². The van der Waals surface area contributed by atoms with Crippen LogP contribution in [0.3, 0.4) is 0 Å². The predicted octanol–water partition coefficient (Wildman–Crippen LogP) is 2.25. The summed E-state index contributed by atoms with van der Waals surface area (Å²) in [7, 11) is -1.44. The molecule has 2 rings (SSSR count). The first-order chi connectivity index (χ1) is 8.61. The van der Waals surface area contributed by atoms with Gasteiger partial charge in [-0.2, -0.15) is 0 Å². The third-order valence-corrected chi connectivity index (χ3v) is 3.23. The number of rotatable bonds is 3. The van der Waals surface area contributed by atoms with E-state index in [9.17, 15) is 10.0 Å². The molecule has 0 aromatic heterocycles. The van der Waals surface area contributed by atoms with E-state index in [4.69, 9.17) is 11.6 Å². The summed E-state index contributed by atoms with van der Waals surface area (Å²) in [6.07, 6.45) is 0.772. The summed E-state index contributed by atoms with van der Waals surface area (Å²) in [5, 5.41) is 19.5. The molecule has 92 valence electrons. The van der Waals surface area contributed by atoms with Crippen LogP contribution in [0.5, 0.6) is 0 Å². The summed E-state index contributed by atoms with van der Waals surface area (Å²) in [5.74, 6) is 0. The molecule has 2 aromatic rings. The Kier molecular flexibility index (Phi) is 4.07. The van der Waals surface area contributed by atoms with E-state index in [-0.39, 0.29) is 0 Å². The Hall–Kier alpha value is -1.29. The van der Waals surface area contributed by atoms with E-state index in [0.29, 0.717) is 10.5 Å². The van der Waals surface area contributed by atoms with Gasteiger partial charge in [0, 0.05) is 5.02 Å². The minimum absolute atomic E-state index is 0.560. The average molecular weight is 261 g/mol. The lowest BCUT2D eigenvalue weighted by Gasteiger charge is -2.10. The van der Waals surface area contributed by atoms with Gasteiger partial charge in [0.05, 0.1) is 0 Å². The molecule has 0 aliphatic heterocycles. The quantitative estimate of drug-likeness (QED) is 0.831. The molecule has 0 unspecified atom stereocenters. The summed E-state index contributed by atoms with van der Waals surface area (Å²) < 4.78 is 0. The van der Waals surface area contributed by atoms with Crippen molar-refractivity contribution in [2.75, 3.05) is 0 Å². The molecule has 0 fully saturated rings. The van der Waals surface area contributed by atoms with Crippen LogP contribution in [0.1, 0.15) is 12.5 Å². The van der Waals surface area contributed by atoms with E-state index in [1.165, 1.54) is 0 Å². The third kappa shape index (κ3) is 2.75. The molecule has 0 saturated heterocycles. The summed E-state index contributed by atoms with van der Waals surface area (Å²) in [5.41, 5.74) is 3.46. The summed E-state index contributed by atoms with van der Waals surface area (Å²) >= 11 is 5.85. The lowest BCUT2D eigenvalue weighted by molar-refractivity contribution is 0.425.